The summed E-state index contributed by atoms with van der Waals surface area (Å²) in [5.41, 5.74) is 0.457. The third kappa shape index (κ3) is 4.50. The highest BCUT2D eigenvalue weighted by Gasteiger charge is 2.09. The number of carbonyl (C=O) groups is 1. The Hall–Kier alpha value is -1.33. The van der Waals surface area contributed by atoms with Crippen LogP contribution < -0.4 is 5.32 Å². The van der Waals surface area contributed by atoms with Gasteiger partial charge in [0.25, 0.3) is 0 Å². The zero-order valence-corrected chi connectivity index (χ0v) is 11.4. The highest BCUT2D eigenvalue weighted by molar-refractivity contribution is 5.88. The van der Waals surface area contributed by atoms with Crippen LogP contribution in [0.5, 0.6) is 0 Å². The van der Waals surface area contributed by atoms with Gasteiger partial charge in [0.1, 0.15) is 12.0 Å². The normalized spacial score (nSPS) is 10.9. The molecule has 0 radical (unpaired) electrons. The van der Waals surface area contributed by atoms with E-state index >= 15 is 0 Å². The Morgan fingerprint density at radius 1 is 1.44 bits per heavy atom. The maximum absolute atomic E-state index is 11.2. The van der Waals surface area contributed by atoms with Gasteiger partial charge in [-0.2, -0.15) is 0 Å². The first-order valence-electron chi connectivity index (χ1n) is 6.30. The average Bonchev–Trinajstić information content (AvgIpc) is 2.87. The Bertz CT molecular complexity index is 359. The Balaban J connectivity index is 2.27. The molecule has 0 bridgehead atoms. The predicted molar refractivity (Wildman–Crippen MR) is 69.5 cm³/mol. The van der Waals surface area contributed by atoms with Gasteiger partial charge in [0.05, 0.1) is 19.2 Å². The molecule has 0 unspecified atom stereocenters. The molecule has 0 saturated heterocycles. The monoisotopic (exact) mass is 254 g/mol. The van der Waals surface area contributed by atoms with Crippen molar-refractivity contribution in [2.45, 2.75) is 20.4 Å². The topological polar surface area (TPSA) is 54.7 Å². The molecule has 18 heavy (non-hydrogen) atoms. The van der Waals surface area contributed by atoms with Crippen molar-refractivity contribution >= 4 is 5.97 Å². The van der Waals surface area contributed by atoms with Crippen LogP contribution in [0.4, 0.5) is 0 Å². The number of hydrogen-bond acceptors (Lipinski definition) is 5. The number of nitrogens with one attached hydrogen (secondary N) is 1. The molecule has 5 nitrogen and oxygen atoms in total. The van der Waals surface area contributed by atoms with Crippen LogP contribution in [-0.4, -0.2) is 44.2 Å². The van der Waals surface area contributed by atoms with Crippen LogP contribution in [-0.2, 0) is 11.3 Å². The van der Waals surface area contributed by atoms with Crippen LogP contribution in [0, 0.1) is 0 Å². The fourth-order valence-electron chi connectivity index (χ4n) is 1.69. The Kier molecular flexibility index (Phi) is 6.46. The van der Waals surface area contributed by atoms with Crippen molar-refractivity contribution in [3.05, 3.63) is 23.7 Å². The third-order valence-electron chi connectivity index (χ3n) is 2.87. The number of ether oxygens (including phenoxy) is 1. The molecular weight excluding hydrogens is 232 g/mol. The second-order valence-electron chi connectivity index (χ2n) is 4.00. The zero-order chi connectivity index (χ0) is 13.4. The number of esters is 1. The fourth-order valence-corrected chi connectivity index (χ4v) is 1.69. The van der Waals surface area contributed by atoms with Crippen molar-refractivity contribution in [3.8, 4) is 0 Å². The van der Waals surface area contributed by atoms with Gasteiger partial charge in [0, 0.05) is 13.1 Å². The van der Waals surface area contributed by atoms with Crippen LogP contribution in [0.2, 0.25) is 0 Å². The Morgan fingerprint density at radius 2 is 2.17 bits per heavy atom. The van der Waals surface area contributed by atoms with Crippen LogP contribution in [0.15, 0.2) is 16.7 Å². The molecule has 1 aromatic rings. The first-order valence-corrected chi connectivity index (χ1v) is 6.30. The summed E-state index contributed by atoms with van der Waals surface area (Å²) >= 11 is 0. The van der Waals surface area contributed by atoms with Crippen molar-refractivity contribution in [1.82, 2.24) is 10.2 Å². The number of nitrogens with zero attached hydrogens (tertiary/aromatic N) is 1. The first kappa shape index (κ1) is 14.7. The van der Waals surface area contributed by atoms with Crippen LogP contribution >= 0.6 is 0 Å². The SMILES string of the molecule is CCN(CC)CCNCc1cc(C(=O)OC)co1. The second kappa shape index (κ2) is 7.89. The van der Waals surface area contributed by atoms with Crippen LogP contribution in [0.3, 0.4) is 0 Å². The van der Waals surface area contributed by atoms with Crippen molar-refractivity contribution < 1.29 is 13.9 Å². The molecule has 0 aromatic carbocycles. The van der Waals surface area contributed by atoms with E-state index in [2.05, 4.69) is 28.8 Å². The molecule has 0 aliphatic rings. The van der Waals surface area contributed by atoms with Crippen LogP contribution in [0.1, 0.15) is 30.0 Å². The van der Waals surface area contributed by atoms with Crippen molar-refractivity contribution in [2.24, 2.45) is 0 Å². The highest BCUT2D eigenvalue weighted by Crippen LogP contribution is 2.08. The molecule has 1 rings (SSSR count). The lowest BCUT2D eigenvalue weighted by atomic mass is 10.3. The van der Waals surface area contributed by atoms with Gasteiger partial charge in [-0.1, -0.05) is 13.8 Å². The first-order chi connectivity index (χ1) is 8.71. The molecule has 102 valence electrons. The average molecular weight is 254 g/mol. The van der Waals surface area contributed by atoms with Crippen molar-refractivity contribution in [2.75, 3.05) is 33.3 Å². The molecule has 5 heteroatoms. The number of furan rings is 1. The van der Waals surface area contributed by atoms with E-state index in [0.29, 0.717) is 12.1 Å². The Morgan fingerprint density at radius 3 is 2.78 bits per heavy atom. The molecule has 0 fully saturated rings. The summed E-state index contributed by atoms with van der Waals surface area (Å²) in [5.74, 6) is 0.378. The molecule has 0 saturated carbocycles. The molecule has 0 amide bonds. The summed E-state index contributed by atoms with van der Waals surface area (Å²) in [6, 6.07) is 1.70. The largest absolute Gasteiger partial charge is 0.467 e. The van der Waals surface area contributed by atoms with Gasteiger partial charge in [-0.05, 0) is 19.2 Å². The number of rotatable bonds is 8. The minimum atomic E-state index is -0.367. The van der Waals surface area contributed by atoms with Gasteiger partial charge in [-0.25, -0.2) is 4.79 Å². The van der Waals surface area contributed by atoms with E-state index in [0.717, 1.165) is 31.9 Å². The number of carbonyl (C=O) groups excluding carboxylic acids is 1. The lowest BCUT2D eigenvalue weighted by Gasteiger charge is -2.17. The molecule has 0 aliphatic carbocycles. The van der Waals surface area contributed by atoms with Crippen molar-refractivity contribution in [1.29, 1.82) is 0 Å². The summed E-state index contributed by atoms with van der Waals surface area (Å²) in [6.45, 7) is 8.96. The molecular formula is C13H22N2O3. The molecule has 0 aliphatic heterocycles. The van der Waals surface area contributed by atoms with E-state index < -0.39 is 0 Å². The van der Waals surface area contributed by atoms with Crippen LogP contribution in [0.25, 0.3) is 0 Å². The summed E-state index contributed by atoms with van der Waals surface area (Å²) in [5, 5.41) is 3.28. The van der Waals surface area contributed by atoms with E-state index in [9.17, 15) is 4.79 Å². The summed E-state index contributed by atoms with van der Waals surface area (Å²) < 4.78 is 9.88. The predicted octanol–water partition coefficient (Wildman–Crippen LogP) is 1.50. The maximum Gasteiger partial charge on any atom is 0.341 e. The second-order valence-corrected chi connectivity index (χ2v) is 4.00. The summed E-state index contributed by atoms with van der Waals surface area (Å²) in [4.78, 5) is 13.6. The molecule has 1 aromatic heterocycles. The molecule has 0 spiro atoms. The lowest BCUT2D eigenvalue weighted by Crippen LogP contribution is -2.31. The van der Waals surface area contributed by atoms with Gasteiger partial charge in [0.2, 0.25) is 0 Å². The summed E-state index contributed by atoms with van der Waals surface area (Å²) in [7, 11) is 1.36. The van der Waals surface area contributed by atoms with Gasteiger partial charge in [-0.15, -0.1) is 0 Å². The maximum atomic E-state index is 11.2. The van der Waals surface area contributed by atoms with Gasteiger partial charge < -0.3 is 19.4 Å². The number of methoxy groups -OCH3 is 1. The Labute approximate surface area is 108 Å². The minimum Gasteiger partial charge on any atom is -0.467 e. The van der Waals surface area contributed by atoms with E-state index in [-0.39, 0.29) is 5.97 Å². The zero-order valence-electron chi connectivity index (χ0n) is 11.4. The number of hydrogen-bond donors (Lipinski definition) is 1. The van der Waals surface area contributed by atoms with Crippen molar-refractivity contribution in [3.63, 3.8) is 0 Å². The summed E-state index contributed by atoms with van der Waals surface area (Å²) in [6.07, 6.45) is 1.42. The fraction of sp³-hybridized carbons (Fsp3) is 0.615. The minimum absolute atomic E-state index is 0.367. The van der Waals surface area contributed by atoms with E-state index in [4.69, 9.17) is 4.42 Å². The molecule has 0 atom stereocenters. The molecule has 1 heterocycles. The third-order valence-corrected chi connectivity index (χ3v) is 2.87. The standard InChI is InChI=1S/C13H22N2O3/c1-4-15(5-2)7-6-14-9-12-8-11(10-18-12)13(16)17-3/h8,10,14H,4-7,9H2,1-3H3. The van der Waals surface area contributed by atoms with E-state index in [1.807, 2.05) is 0 Å². The van der Waals surface area contributed by atoms with E-state index in [1.165, 1.54) is 13.4 Å². The molecule has 1 N–H and O–H groups in total. The lowest BCUT2D eigenvalue weighted by molar-refractivity contribution is 0.0600. The smallest absolute Gasteiger partial charge is 0.341 e. The number of likely N-dealkylation sites (N-methyl/N-ethyl adjacent to an activating group) is 1. The highest BCUT2D eigenvalue weighted by atomic mass is 16.5. The van der Waals surface area contributed by atoms with Gasteiger partial charge in [0.15, 0.2) is 0 Å². The van der Waals surface area contributed by atoms with Gasteiger partial charge in [-0.3, -0.25) is 0 Å². The van der Waals surface area contributed by atoms with Gasteiger partial charge >= 0.3 is 5.97 Å². The quantitative estimate of drug-likeness (QED) is 0.563. The van der Waals surface area contributed by atoms with E-state index in [1.54, 1.807) is 6.07 Å².